The Kier molecular flexibility index (Phi) is 12.6. The van der Waals surface area contributed by atoms with Gasteiger partial charge in [0, 0.05) is 22.8 Å². The van der Waals surface area contributed by atoms with Crippen molar-refractivity contribution in [3.8, 4) is 20.9 Å². The number of amides is 1. The fourth-order valence-corrected chi connectivity index (χ4v) is 7.96. The van der Waals surface area contributed by atoms with Crippen LogP contribution in [0.5, 0.6) is 0 Å². The zero-order valence-corrected chi connectivity index (χ0v) is 27.6. The summed E-state index contributed by atoms with van der Waals surface area (Å²) in [6, 6.07) is 23.6. The molecule has 2 N–H and O–H groups in total. The highest BCUT2D eigenvalue weighted by atomic mass is 79.9. The summed E-state index contributed by atoms with van der Waals surface area (Å²) in [6.45, 7) is 4.28. The summed E-state index contributed by atoms with van der Waals surface area (Å²) >= 11 is 9.87. The molecule has 4 aromatic rings. The van der Waals surface area contributed by atoms with Crippen molar-refractivity contribution in [1.29, 1.82) is 0 Å². The van der Waals surface area contributed by atoms with E-state index in [4.69, 9.17) is 5.11 Å². The number of benzene rings is 2. The number of thiophene rings is 2. The first kappa shape index (κ1) is 31.6. The van der Waals surface area contributed by atoms with Crippen LogP contribution in [0, 0.1) is 0 Å². The lowest BCUT2D eigenvalue weighted by Crippen LogP contribution is -2.35. The highest BCUT2D eigenvalue weighted by Gasteiger charge is 2.22. The number of carboxylic acids is 1. The van der Waals surface area contributed by atoms with Gasteiger partial charge in [0.15, 0.2) is 0 Å². The van der Waals surface area contributed by atoms with Crippen molar-refractivity contribution < 1.29 is 14.7 Å². The van der Waals surface area contributed by atoms with Gasteiger partial charge in [0.25, 0.3) is 5.91 Å². The Labute approximate surface area is 266 Å². The zero-order chi connectivity index (χ0) is 29.0. The standard InChI is InChI=1S/C16H16BrNOS.C11H7BrO2S.C5H11N/c17-15-13(16(19)18-9-5-2-6-10-18)11-14(20-15)12-7-3-1-4-8-12;12-10-8(11(13)14)6-9(15-10)7-4-2-1-3-5-7;1-2-4-6-5-3-1/h1,3-4,7-8,11H,2,5-6,9-10H2;1-6H,(H,13,14);6H,1-5H2. The number of hydrogen-bond donors (Lipinski definition) is 2. The molecule has 2 aromatic heterocycles. The van der Waals surface area contributed by atoms with Crippen LogP contribution in [-0.4, -0.2) is 48.1 Å². The highest BCUT2D eigenvalue weighted by Crippen LogP contribution is 2.36. The number of piperidine rings is 2. The van der Waals surface area contributed by atoms with E-state index in [1.165, 1.54) is 50.1 Å². The van der Waals surface area contributed by atoms with Gasteiger partial charge >= 0.3 is 5.97 Å². The van der Waals surface area contributed by atoms with Crippen LogP contribution in [-0.2, 0) is 0 Å². The Hall–Kier alpha value is -2.30. The maximum absolute atomic E-state index is 12.6. The smallest absolute Gasteiger partial charge is 0.337 e. The normalized spacial score (nSPS) is 14.7. The van der Waals surface area contributed by atoms with E-state index >= 15 is 0 Å². The van der Waals surface area contributed by atoms with Crippen molar-refractivity contribution in [3.63, 3.8) is 0 Å². The fourth-order valence-electron chi connectivity index (χ4n) is 4.59. The van der Waals surface area contributed by atoms with Gasteiger partial charge in [0.2, 0.25) is 0 Å². The number of carbonyl (C=O) groups excluding carboxylic acids is 1. The maximum atomic E-state index is 12.6. The largest absolute Gasteiger partial charge is 0.478 e. The molecule has 0 unspecified atom stereocenters. The van der Waals surface area contributed by atoms with Crippen molar-refractivity contribution in [3.05, 3.63) is 91.5 Å². The maximum Gasteiger partial charge on any atom is 0.337 e. The predicted octanol–water partition coefficient (Wildman–Crippen LogP) is 9.44. The van der Waals surface area contributed by atoms with Gasteiger partial charge in [0.1, 0.15) is 0 Å². The lowest BCUT2D eigenvalue weighted by molar-refractivity contribution is 0.0694. The first-order chi connectivity index (χ1) is 19.9. The lowest BCUT2D eigenvalue weighted by Gasteiger charge is -2.26. The molecule has 0 bridgehead atoms. The number of hydrogen-bond acceptors (Lipinski definition) is 5. The van der Waals surface area contributed by atoms with Crippen LogP contribution in [0.3, 0.4) is 0 Å². The Morgan fingerprint density at radius 1 is 0.683 bits per heavy atom. The first-order valence-electron chi connectivity index (χ1n) is 13.9. The third-order valence-corrected chi connectivity index (χ3v) is 10.6. The summed E-state index contributed by atoms with van der Waals surface area (Å²) in [5.74, 6) is -0.740. The van der Waals surface area contributed by atoms with Crippen LogP contribution in [0.2, 0.25) is 0 Å². The molecule has 2 aliphatic heterocycles. The number of carbonyl (C=O) groups is 2. The molecule has 1 amide bonds. The van der Waals surface area contributed by atoms with Gasteiger partial charge < -0.3 is 15.3 Å². The van der Waals surface area contributed by atoms with Crippen molar-refractivity contribution in [2.45, 2.75) is 38.5 Å². The molecule has 2 aromatic carbocycles. The average Bonchev–Trinajstić information content (AvgIpc) is 3.62. The molecule has 4 heterocycles. The molecule has 0 saturated carbocycles. The minimum atomic E-state index is -0.902. The molecular weight excluding hydrogens is 684 g/mol. The molecular formula is C32H34Br2N2O3S2. The van der Waals surface area contributed by atoms with E-state index in [1.54, 1.807) is 17.4 Å². The second-order valence-electron chi connectivity index (χ2n) is 9.80. The van der Waals surface area contributed by atoms with Crippen LogP contribution < -0.4 is 5.32 Å². The van der Waals surface area contributed by atoms with E-state index in [9.17, 15) is 9.59 Å². The van der Waals surface area contributed by atoms with Crippen LogP contribution in [0.4, 0.5) is 0 Å². The summed E-state index contributed by atoms with van der Waals surface area (Å²) in [7, 11) is 0. The Balaban J connectivity index is 0.000000161. The molecule has 0 radical (unpaired) electrons. The molecule has 216 valence electrons. The van der Waals surface area contributed by atoms with Crippen LogP contribution in [0.1, 0.15) is 59.2 Å². The van der Waals surface area contributed by atoms with E-state index in [2.05, 4.69) is 49.3 Å². The van der Waals surface area contributed by atoms with Gasteiger partial charge in [-0.25, -0.2) is 4.79 Å². The molecule has 0 spiro atoms. The quantitative estimate of drug-likeness (QED) is 0.221. The number of aromatic carboxylic acids is 1. The Bertz CT molecular complexity index is 1390. The molecule has 0 atom stereocenters. The Morgan fingerprint density at radius 2 is 1.15 bits per heavy atom. The number of halogens is 2. The highest BCUT2D eigenvalue weighted by molar-refractivity contribution is 9.11. The van der Waals surface area contributed by atoms with Gasteiger partial charge in [-0.1, -0.05) is 67.1 Å². The van der Waals surface area contributed by atoms with Gasteiger partial charge in [-0.2, -0.15) is 0 Å². The van der Waals surface area contributed by atoms with E-state index in [0.29, 0.717) is 9.35 Å². The number of carboxylic acid groups (broad SMARTS) is 1. The molecule has 9 heteroatoms. The predicted molar refractivity (Wildman–Crippen MR) is 178 cm³/mol. The van der Waals surface area contributed by atoms with E-state index in [1.807, 2.05) is 59.5 Å². The van der Waals surface area contributed by atoms with E-state index < -0.39 is 5.97 Å². The molecule has 2 aliphatic rings. The summed E-state index contributed by atoms with van der Waals surface area (Å²) in [6.07, 6.45) is 7.70. The second-order valence-corrected chi connectivity index (χ2v) is 14.5. The van der Waals surface area contributed by atoms with E-state index in [-0.39, 0.29) is 5.91 Å². The third kappa shape index (κ3) is 9.35. The van der Waals surface area contributed by atoms with Crippen molar-refractivity contribution in [2.24, 2.45) is 0 Å². The molecule has 5 nitrogen and oxygen atoms in total. The summed E-state index contributed by atoms with van der Waals surface area (Å²) < 4.78 is 1.60. The van der Waals surface area contributed by atoms with Gasteiger partial charge in [-0.05, 0) is 100 Å². The van der Waals surface area contributed by atoms with Gasteiger partial charge in [-0.3, -0.25) is 4.79 Å². The minimum Gasteiger partial charge on any atom is -0.478 e. The molecule has 2 fully saturated rings. The monoisotopic (exact) mass is 716 g/mol. The molecule has 6 rings (SSSR count). The average molecular weight is 719 g/mol. The molecule has 2 saturated heterocycles. The van der Waals surface area contributed by atoms with Gasteiger partial charge in [0.05, 0.1) is 18.7 Å². The van der Waals surface area contributed by atoms with Crippen LogP contribution in [0.25, 0.3) is 20.9 Å². The van der Waals surface area contributed by atoms with Crippen molar-refractivity contribution >= 4 is 66.4 Å². The minimum absolute atomic E-state index is 0.162. The molecule has 0 aliphatic carbocycles. The van der Waals surface area contributed by atoms with Crippen molar-refractivity contribution in [1.82, 2.24) is 10.2 Å². The summed E-state index contributed by atoms with van der Waals surface area (Å²) in [4.78, 5) is 27.5. The van der Waals surface area contributed by atoms with E-state index in [0.717, 1.165) is 56.2 Å². The zero-order valence-electron chi connectivity index (χ0n) is 22.8. The number of nitrogens with zero attached hydrogens (tertiary/aromatic N) is 1. The molecule has 41 heavy (non-hydrogen) atoms. The lowest BCUT2D eigenvalue weighted by atomic mass is 10.1. The van der Waals surface area contributed by atoms with Gasteiger partial charge in [-0.15, -0.1) is 22.7 Å². The summed E-state index contributed by atoms with van der Waals surface area (Å²) in [5, 5.41) is 12.2. The third-order valence-electron chi connectivity index (χ3n) is 6.80. The SMILES string of the molecule is C1CCNCC1.O=C(O)c1cc(-c2ccccc2)sc1Br.O=C(c1cc(-c2ccccc2)sc1Br)N1CCCCC1. The Morgan fingerprint density at radius 3 is 1.56 bits per heavy atom. The van der Waals surface area contributed by atoms with Crippen molar-refractivity contribution in [2.75, 3.05) is 26.2 Å². The second kappa shape index (κ2) is 16.4. The fraction of sp³-hybridized carbons (Fsp3) is 0.312. The van der Waals surface area contributed by atoms with Crippen LogP contribution in [0.15, 0.2) is 80.4 Å². The summed E-state index contributed by atoms with van der Waals surface area (Å²) in [5.41, 5.74) is 3.32. The number of likely N-dealkylation sites (tertiary alicyclic amines) is 1. The first-order valence-corrected chi connectivity index (χ1v) is 17.1. The number of nitrogens with one attached hydrogen (secondary N) is 1. The number of rotatable bonds is 4. The van der Waals surface area contributed by atoms with Crippen LogP contribution >= 0.6 is 54.5 Å². The topological polar surface area (TPSA) is 69.6 Å².